The SMILES string of the molecule is Cc1ccc(S(=O)(=O)N/N=C/c2ccc(OC(F)F)cc2OC(F)F)cc1[N+](=O)[O-]. The maximum Gasteiger partial charge on any atom is 0.387 e. The lowest BCUT2D eigenvalue weighted by Crippen LogP contribution is -2.18. The number of nitro groups is 1. The minimum Gasteiger partial charge on any atom is -0.435 e. The van der Waals surface area contributed by atoms with Gasteiger partial charge in [0, 0.05) is 23.3 Å². The predicted molar refractivity (Wildman–Crippen MR) is 95.5 cm³/mol. The molecule has 0 bridgehead atoms. The highest BCUT2D eigenvalue weighted by molar-refractivity contribution is 7.89. The quantitative estimate of drug-likeness (QED) is 0.270. The average molecular weight is 451 g/mol. The molecular weight excluding hydrogens is 438 g/mol. The van der Waals surface area contributed by atoms with Gasteiger partial charge < -0.3 is 9.47 Å². The molecular formula is C16H13F4N3O6S. The standard InChI is InChI=1S/C16H13F4N3O6S/c1-9-2-5-12(7-13(9)23(24)25)30(26,27)22-21-8-10-3-4-11(28-15(17)18)6-14(10)29-16(19)20/h2-8,15-16,22H,1H3/b21-8+. The molecule has 2 aromatic carbocycles. The molecule has 0 saturated heterocycles. The summed E-state index contributed by atoms with van der Waals surface area (Å²) in [6.07, 6.45) is 0.782. The zero-order chi connectivity index (χ0) is 22.5. The Balaban J connectivity index is 2.26. The lowest BCUT2D eigenvalue weighted by molar-refractivity contribution is -0.385. The number of sulfonamides is 1. The van der Waals surface area contributed by atoms with Gasteiger partial charge in [0.1, 0.15) is 11.5 Å². The molecule has 2 rings (SSSR count). The summed E-state index contributed by atoms with van der Waals surface area (Å²) in [4.78, 5) is 11.5. The highest BCUT2D eigenvalue weighted by atomic mass is 32.2. The molecule has 0 aliphatic carbocycles. The summed E-state index contributed by atoms with van der Waals surface area (Å²) in [6.45, 7) is -5.08. The highest BCUT2D eigenvalue weighted by Crippen LogP contribution is 2.27. The Morgan fingerprint density at radius 1 is 1.10 bits per heavy atom. The van der Waals surface area contributed by atoms with Crippen molar-refractivity contribution in [2.45, 2.75) is 25.0 Å². The summed E-state index contributed by atoms with van der Waals surface area (Å²) < 4.78 is 82.4. The molecule has 0 radical (unpaired) electrons. The molecule has 0 atom stereocenters. The normalized spacial score (nSPS) is 11.8. The number of aryl methyl sites for hydroxylation is 1. The Bertz CT molecular complexity index is 1060. The number of nitrogens with one attached hydrogen (secondary N) is 1. The van der Waals surface area contributed by atoms with Crippen LogP contribution in [0.15, 0.2) is 46.4 Å². The second-order valence-electron chi connectivity index (χ2n) is 5.51. The highest BCUT2D eigenvalue weighted by Gasteiger charge is 2.19. The maximum atomic E-state index is 12.5. The van der Waals surface area contributed by atoms with Crippen molar-refractivity contribution in [1.29, 1.82) is 0 Å². The van der Waals surface area contributed by atoms with Crippen LogP contribution in [0, 0.1) is 17.0 Å². The topological polar surface area (TPSA) is 120 Å². The van der Waals surface area contributed by atoms with Crippen molar-refractivity contribution in [2.75, 3.05) is 0 Å². The van der Waals surface area contributed by atoms with Gasteiger partial charge in [0.2, 0.25) is 0 Å². The third kappa shape index (κ3) is 6.04. The molecule has 0 aliphatic rings. The van der Waals surface area contributed by atoms with E-state index in [1.54, 1.807) is 4.83 Å². The lowest BCUT2D eigenvalue weighted by atomic mass is 10.2. The molecule has 2 aromatic rings. The number of halogens is 4. The van der Waals surface area contributed by atoms with Crippen LogP contribution in [0.3, 0.4) is 0 Å². The third-order valence-corrected chi connectivity index (χ3v) is 4.71. The zero-order valence-corrected chi connectivity index (χ0v) is 15.8. The zero-order valence-electron chi connectivity index (χ0n) is 15.0. The van der Waals surface area contributed by atoms with E-state index in [1.165, 1.54) is 13.0 Å². The van der Waals surface area contributed by atoms with Crippen molar-refractivity contribution < 1.29 is 40.4 Å². The second-order valence-corrected chi connectivity index (χ2v) is 7.18. The predicted octanol–water partition coefficient (Wildman–Crippen LogP) is 3.42. The fourth-order valence-electron chi connectivity index (χ4n) is 2.17. The minimum atomic E-state index is -4.33. The van der Waals surface area contributed by atoms with Crippen molar-refractivity contribution in [2.24, 2.45) is 5.10 Å². The van der Waals surface area contributed by atoms with Crippen molar-refractivity contribution >= 4 is 21.9 Å². The van der Waals surface area contributed by atoms with Crippen molar-refractivity contribution in [3.63, 3.8) is 0 Å². The third-order valence-electron chi connectivity index (χ3n) is 3.49. The van der Waals surface area contributed by atoms with Gasteiger partial charge >= 0.3 is 13.2 Å². The smallest absolute Gasteiger partial charge is 0.387 e. The number of rotatable bonds is 9. The van der Waals surface area contributed by atoms with Gasteiger partial charge in [-0.15, -0.1) is 0 Å². The second kappa shape index (κ2) is 9.39. The Labute approximate surface area is 167 Å². The summed E-state index contributed by atoms with van der Waals surface area (Å²) in [5, 5.41) is 14.3. The van der Waals surface area contributed by atoms with Gasteiger partial charge in [-0.05, 0) is 25.1 Å². The van der Waals surface area contributed by atoms with E-state index in [-0.39, 0.29) is 11.1 Å². The molecule has 14 heteroatoms. The van der Waals surface area contributed by atoms with Crippen molar-refractivity contribution in [3.8, 4) is 11.5 Å². The number of hydrazone groups is 1. The van der Waals surface area contributed by atoms with Gasteiger partial charge in [0.15, 0.2) is 0 Å². The minimum absolute atomic E-state index is 0.186. The molecule has 0 fully saturated rings. The van der Waals surface area contributed by atoms with E-state index in [4.69, 9.17) is 0 Å². The number of nitrogens with zero attached hydrogens (tertiary/aromatic N) is 2. The van der Waals surface area contributed by atoms with Gasteiger partial charge in [-0.1, -0.05) is 6.07 Å². The first-order valence-electron chi connectivity index (χ1n) is 7.83. The van der Waals surface area contributed by atoms with Gasteiger partial charge in [-0.25, -0.2) is 4.83 Å². The van der Waals surface area contributed by atoms with E-state index >= 15 is 0 Å². The number of hydrogen-bond donors (Lipinski definition) is 1. The van der Waals surface area contributed by atoms with Crippen LogP contribution in [0.5, 0.6) is 11.5 Å². The first-order valence-corrected chi connectivity index (χ1v) is 9.31. The van der Waals surface area contributed by atoms with Crippen LogP contribution in [0.4, 0.5) is 23.2 Å². The number of ether oxygens (including phenoxy) is 2. The Morgan fingerprint density at radius 2 is 1.77 bits per heavy atom. The molecule has 0 heterocycles. The lowest BCUT2D eigenvalue weighted by Gasteiger charge is -2.11. The fourth-order valence-corrected chi connectivity index (χ4v) is 2.98. The summed E-state index contributed by atoms with van der Waals surface area (Å²) in [7, 11) is -4.33. The first-order chi connectivity index (χ1) is 14.0. The number of hydrogen-bond acceptors (Lipinski definition) is 7. The Kier molecular flexibility index (Phi) is 7.15. The van der Waals surface area contributed by atoms with Crippen LogP contribution in [0.1, 0.15) is 11.1 Å². The van der Waals surface area contributed by atoms with E-state index in [2.05, 4.69) is 14.6 Å². The molecule has 162 valence electrons. The van der Waals surface area contributed by atoms with Crippen LogP contribution in [0.25, 0.3) is 0 Å². The average Bonchev–Trinajstić information content (AvgIpc) is 2.62. The molecule has 1 N–H and O–H groups in total. The van der Waals surface area contributed by atoms with E-state index < -0.39 is 50.3 Å². The first kappa shape index (κ1) is 22.9. The van der Waals surface area contributed by atoms with Gasteiger partial charge in [0.05, 0.1) is 16.0 Å². The molecule has 30 heavy (non-hydrogen) atoms. The number of benzene rings is 2. The van der Waals surface area contributed by atoms with Crippen LogP contribution < -0.4 is 14.3 Å². The summed E-state index contributed by atoms with van der Waals surface area (Å²) in [6, 6.07) is 5.95. The van der Waals surface area contributed by atoms with Crippen LogP contribution in [-0.2, 0) is 10.0 Å². The van der Waals surface area contributed by atoms with Crippen LogP contribution in [-0.4, -0.2) is 32.8 Å². The summed E-state index contributed by atoms with van der Waals surface area (Å²) in [5.74, 6) is -1.07. The van der Waals surface area contributed by atoms with E-state index in [0.717, 1.165) is 36.5 Å². The number of alkyl halides is 4. The summed E-state index contributed by atoms with van der Waals surface area (Å²) >= 11 is 0. The van der Waals surface area contributed by atoms with Gasteiger partial charge in [-0.3, -0.25) is 10.1 Å². The van der Waals surface area contributed by atoms with Crippen LogP contribution >= 0.6 is 0 Å². The Hall–Kier alpha value is -3.42. The van der Waals surface area contributed by atoms with E-state index in [1.807, 2.05) is 0 Å². The maximum absolute atomic E-state index is 12.5. The molecule has 9 nitrogen and oxygen atoms in total. The molecule has 0 spiro atoms. The Morgan fingerprint density at radius 3 is 2.37 bits per heavy atom. The summed E-state index contributed by atoms with van der Waals surface area (Å²) in [5.41, 5.74) is -0.374. The fraction of sp³-hybridized carbons (Fsp3) is 0.188. The van der Waals surface area contributed by atoms with Crippen molar-refractivity contribution in [3.05, 3.63) is 57.6 Å². The van der Waals surface area contributed by atoms with E-state index in [0.29, 0.717) is 0 Å². The van der Waals surface area contributed by atoms with Gasteiger partial charge in [0.25, 0.3) is 15.7 Å². The van der Waals surface area contributed by atoms with Gasteiger partial charge in [-0.2, -0.15) is 31.1 Å². The monoisotopic (exact) mass is 451 g/mol. The van der Waals surface area contributed by atoms with Crippen molar-refractivity contribution in [1.82, 2.24) is 4.83 Å². The molecule has 0 unspecified atom stereocenters. The molecule has 0 saturated carbocycles. The number of nitro benzene ring substituents is 1. The van der Waals surface area contributed by atoms with E-state index in [9.17, 15) is 36.1 Å². The molecule has 0 aliphatic heterocycles. The largest absolute Gasteiger partial charge is 0.435 e. The molecule has 0 amide bonds. The molecule has 0 aromatic heterocycles. The van der Waals surface area contributed by atoms with Crippen LogP contribution in [0.2, 0.25) is 0 Å².